The van der Waals surface area contributed by atoms with Crippen LogP contribution >= 0.6 is 0 Å². The average Bonchev–Trinajstić information content (AvgIpc) is 2.55. The van der Waals surface area contributed by atoms with E-state index in [1.807, 2.05) is 54.6 Å². The lowest BCUT2D eigenvalue weighted by atomic mass is 9.85. The van der Waals surface area contributed by atoms with Crippen molar-refractivity contribution < 1.29 is 14.3 Å². The van der Waals surface area contributed by atoms with Crippen molar-refractivity contribution >= 4 is 11.7 Å². The molecule has 108 valence electrons. The molecule has 4 heteroatoms. The second-order valence-electron chi connectivity index (χ2n) is 5.04. The number of anilines is 1. The first-order chi connectivity index (χ1) is 10.3. The smallest absolute Gasteiger partial charge is 0.338 e. The molecule has 1 heterocycles. The van der Waals surface area contributed by atoms with Gasteiger partial charge in [-0.1, -0.05) is 42.5 Å². The fraction of sp³-hybridized carbons (Fsp3) is 0.235. The third-order valence-corrected chi connectivity index (χ3v) is 3.72. The topological polar surface area (TPSA) is 47.6 Å². The number of fused-ring (bicyclic) bond motifs is 1. The van der Waals surface area contributed by atoms with Gasteiger partial charge in [0.25, 0.3) is 0 Å². The van der Waals surface area contributed by atoms with Crippen molar-refractivity contribution in [1.82, 2.24) is 0 Å². The molecule has 2 aromatic carbocycles. The third-order valence-electron chi connectivity index (χ3n) is 3.72. The highest BCUT2D eigenvalue weighted by atomic mass is 16.5. The molecule has 4 nitrogen and oxygen atoms in total. The van der Waals surface area contributed by atoms with Crippen molar-refractivity contribution in [1.29, 1.82) is 0 Å². The highest BCUT2D eigenvalue weighted by Crippen LogP contribution is 2.34. The van der Waals surface area contributed by atoms with Gasteiger partial charge in [0.15, 0.2) is 5.54 Å². The van der Waals surface area contributed by atoms with E-state index in [0.717, 1.165) is 16.8 Å². The van der Waals surface area contributed by atoms with Gasteiger partial charge in [0.2, 0.25) is 0 Å². The lowest BCUT2D eigenvalue weighted by molar-refractivity contribution is -0.150. The summed E-state index contributed by atoms with van der Waals surface area (Å²) in [5, 5.41) is 3.30. The Labute approximate surface area is 123 Å². The second kappa shape index (κ2) is 5.58. The van der Waals surface area contributed by atoms with E-state index >= 15 is 0 Å². The molecule has 1 aliphatic rings. The molecule has 0 aliphatic carbocycles. The minimum absolute atomic E-state index is 0.242. The Hall–Kier alpha value is -2.33. The summed E-state index contributed by atoms with van der Waals surface area (Å²) in [6, 6.07) is 17.4. The Kier molecular flexibility index (Phi) is 3.62. The Morgan fingerprint density at radius 1 is 1.14 bits per heavy atom. The van der Waals surface area contributed by atoms with Crippen LogP contribution in [0.5, 0.6) is 0 Å². The van der Waals surface area contributed by atoms with Crippen LogP contribution in [-0.2, 0) is 26.4 Å². The zero-order valence-corrected chi connectivity index (χ0v) is 11.8. The number of carbonyl (C=O) groups is 1. The average molecular weight is 283 g/mol. The molecule has 0 aromatic heterocycles. The van der Waals surface area contributed by atoms with Crippen molar-refractivity contribution in [3.05, 3.63) is 65.7 Å². The van der Waals surface area contributed by atoms with Crippen LogP contribution in [0.15, 0.2) is 54.6 Å². The number of benzene rings is 2. The first-order valence-electron chi connectivity index (χ1n) is 6.84. The van der Waals surface area contributed by atoms with E-state index in [4.69, 9.17) is 9.47 Å². The molecule has 3 rings (SSSR count). The van der Waals surface area contributed by atoms with E-state index in [0.29, 0.717) is 6.61 Å². The molecule has 0 bridgehead atoms. The Morgan fingerprint density at radius 3 is 2.62 bits per heavy atom. The molecule has 0 spiro atoms. The van der Waals surface area contributed by atoms with Crippen molar-refractivity contribution in [2.24, 2.45) is 0 Å². The molecule has 0 radical (unpaired) electrons. The molecule has 2 aromatic rings. The molecule has 0 saturated heterocycles. The van der Waals surface area contributed by atoms with Gasteiger partial charge in [-0.05, 0) is 23.3 Å². The highest BCUT2D eigenvalue weighted by molar-refractivity contribution is 5.87. The predicted octanol–water partition coefficient (Wildman–Crippen LogP) is 2.70. The van der Waals surface area contributed by atoms with Crippen LogP contribution in [0.4, 0.5) is 5.69 Å². The van der Waals surface area contributed by atoms with E-state index in [1.54, 1.807) is 0 Å². The van der Waals surface area contributed by atoms with Crippen LogP contribution in [0.1, 0.15) is 11.1 Å². The monoisotopic (exact) mass is 283 g/mol. The predicted molar refractivity (Wildman–Crippen MR) is 79.9 cm³/mol. The molecular formula is C17H17NO3. The number of carbonyl (C=O) groups excluding carboxylic acids is 1. The van der Waals surface area contributed by atoms with Crippen LogP contribution in [0.3, 0.4) is 0 Å². The summed E-state index contributed by atoms with van der Waals surface area (Å²) in [4.78, 5) is 12.5. The summed E-state index contributed by atoms with van der Waals surface area (Å²) in [6.45, 7) is 0.747. The summed E-state index contributed by atoms with van der Waals surface area (Å²) in [5.41, 5.74) is 1.75. The molecule has 21 heavy (non-hydrogen) atoms. The summed E-state index contributed by atoms with van der Waals surface area (Å²) in [7, 11) is 1.40. The fourth-order valence-corrected chi connectivity index (χ4v) is 2.72. The van der Waals surface area contributed by atoms with Crippen molar-refractivity contribution in [2.75, 3.05) is 19.0 Å². The second-order valence-corrected chi connectivity index (χ2v) is 5.04. The molecule has 1 N–H and O–H groups in total. The van der Waals surface area contributed by atoms with Crippen LogP contribution < -0.4 is 5.32 Å². The number of ether oxygens (including phenoxy) is 2. The Balaban J connectivity index is 2.09. The molecule has 0 amide bonds. The molecule has 0 fully saturated rings. The van der Waals surface area contributed by atoms with Gasteiger partial charge in [-0.2, -0.15) is 0 Å². The summed E-state index contributed by atoms with van der Waals surface area (Å²) in [5.74, 6) is -0.349. The largest absolute Gasteiger partial charge is 0.467 e. The SMILES string of the molecule is COC(=O)C1(Nc2ccccc2)COCc2ccccc21. The number of methoxy groups -OCH3 is 1. The molecule has 1 unspecified atom stereocenters. The molecule has 0 saturated carbocycles. The number of esters is 1. The van der Waals surface area contributed by atoms with Gasteiger partial charge < -0.3 is 14.8 Å². The van der Waals surface area contributed by atoms with E-state index in [1.165, 1.54) is 7.11 Å². The number of para-hydroxylation sites is 1. The van der Waals surface area contributed by atoms with Gasteiger partial charge in [0.1, 0.15) is 0 Å². The third kappa shape index (κ3) is 2.38. The lowest BCUT2D eigenvalue weighted by Gasteiger charge is -2.37. The van der Waals surface area contributed by atoms with Gasteiger partial charge in [-0.25, -0.2) is 4.79 Å². The maximum absolute atomic E-state index is 12.5. The first kappa shape index (κ1) is 13.6. The van der Waals surface area contributed by atoms with Crippen LogP contribution in [0, 0.1) is 0 Å². The van der Waals surface area contributed by atoms with Crippen LogP contribution in [-0.4, -0.2) is 19.7 Å². The van der Waals surface area contributed by atoms with Crippen molar-refractivity contribution in [3.8, 4) is 0 Å². The summed E-state index contributed by atoms with van der Waals surface area (Å²) in [6.07, 6.45) is 0. The van der Waals surface area contributed by atoms with E-state index in [2.05, 4.69) is 5.32 Å². The minimum Gasteiger partial charge on any atom is -0.467 e. The Bertz CT molecular complexity index is 641. The van der Waals surface area contributed by atoms with Gasteiger partial charge in [-0.3, -0.25) is 0 Å². The van der Waals surface area contributed by atoms with Crippen LogP contribution in [0.25, 0.3) is 0 Å². The Morgan fingerprint density at radius 2 is 1.86 bits per heavy atom. The maximum Gasteiger partial charge on any atom is 0.338 e. The number of nitrogens with one attached hydrogen (secondary N) is 1. The highest BCUT2D eigenvalue weighted by Gasteiger charge is 2.45. The zero-order valence-electron chi connectivity index (χ0n) is 11.8. The number of hydrogen-bond donors (Lipinski definition) is 1. The molecular weight excluding hydrogens is 266 g/mol. The standard InChI is InChI=1S/C17H17NO3/c1-20-16(19)17(18-14-8-3-2-4-9-14)12-21-11-13-7-5-6-10-15(13)17/h2-10,18H,11-12H2,1H3. The van der Waals surface area contributed by atoms with Crippen molar-refractivity contribution in [2.45, 2.75) is 12.1 Å². The maximum atomic E-state index is 12.5. The van der Waals surface area contributed by atoms with Gasteiger partial charge >= 0.3 is 5.97 Å². The quantitative estimate of drug-likeness (QED) is 0.880. The summed E-state index contributed by atoms with van der Waals surface area (Å²) >= 11 is 0. The first-order valence-corrected chi connectivity index (χ1v) is 6.84. The molecule has 1 atom stereocenters. The lowest BCUT2D eigenvalue weighted by Crippen LogP contribution is -2.50. The molecule has 1 aliphatic heterocycles. The van der Waals surface area contributed by atoms with Crippen molar-refractivity contribution in [3.63, 3.8) is 0 Å². The van der Waals surface area contributed by atoms with Gasteiger partial charge in [0, 0.05) is 5.69 Å². The minimum atomic E-state index is -1.01. The summed E-state index contributed by atoms with van der Waals surface area (Å²) < 4.78 is 10.7. The number of rotatable bonds is 3. The van der Waals surface area contributed by atoms with E-state index in [9.17, 15) is 4.79 Å². The fourth-order valence-electron chi connectivity index (χ4n) is 2.72. The van der Waals surface area contributed by atoms with Gasteiger partial charge in [-0.15, -0.1) is 0 Å². The zero-order chi connectivity index (χ0) is 14.7. The van der Waals surface area contributed by atoms with E-state index < -0.39 is 5.54 Å². The normalized spacial score (nSPS) is 20.4. The van der Waals surface area contributed by atoms with E-state index in [-0.39, 0.29) is 12.6 Å². The van der Waals surface area contributed by atoms with Gasteiger partial charge in [0.05, 0.1) is 20.3 Å². The number of hydrogen-bond acceptors (Lipinski definition) is 4. The van der Waals surface area contributed by atoms with Crippen LogP contribution in [0.2, 0.25) is 0 Å².